The van der Waals surface area contributed by atoms with Crippen LogP contribution in [0.1, 0.15) is 21.3 Å². The number of nitrogens with one attached hydrogen (secondary N) is 1. The van der Waals surface area contributed by atoms with E-state index in [2.05, 4.69) is 15.2 Å². The van der Waals surface area contributed by atoms with Crippen molar-refractivity contribution in [1.29, 1.82) is 0 Å². The predicted molar refractivity (Wildman–Crippen MR) is 91.0 cm³/mol. The molecule has 1 unspecified atom stereocenters. The summed E-state index contributed by atoms with van der Waals surface area (Å²) >= 11 is 7.18. The van der Waals surface area contributed by atoms with Gasteiger partial charge in [-0.05, 0) is 23.8 Å². The van der Waals surface area contributed by atoms with Gasteiger partial charge >= 0.3 is 0 Å². The molecule has 2 aromatic rings. The molecule has 3 rings (SSSR count). The molecule has 1 aliphatic heterocycles. The highest BCUT2D eigenvalue weighted by molar-refractivity contribution is 7.17. The molecular weight excluding hydrogens is 334 g/mol. The van der Waals surface area contributed by atoms with E-state index < -0.39 is 0 Å². The second-order valence-electron chi connectivity index (χ2n) is 5.26. The van der Waals surface area contributed by atoms with Gasteiger partial charge in [-0.3, -0.25) is 14.7 Å². The highest BCUT2D eigenvalue weighted by atomic mass is 35.5. The van der Waals surface area contributed by atoms with Crippen LogP contribution in [0, 0.1) is 0 Å². The first kappa shape index (κ1) is 16.4. The number of pyridine rings is 1. The molecule has 1 amide bonds. The first-order valence-corrected chi connectivity index (χ1v) is 8.69. The Morgan fingerprint density at radius 3 is 2.87 bits per heavy atom. The molecule has 1 fully saturated rings. The molecule has 1 saturated heterocycles. The van der Waals surface area contributed by atoms with Crippen LogP contribution in [0.4, 0.5) is 0 Å². The number of amides is 1. The van der Waals surface area contributed by atoms with Crippen molar-refractivity contribution in [2.45, 2.75) is 6.04 Å². The van der Waals surface area contributed by atoms with Crippen LogP contribution in [0.5, 0.6) is 0 Å². The topological polar surface area (TPSA) is 54.5 Å². The Bertz CT molecular complexity index is 644. The van der Waals surface area contributed by atoms with Crippen LogP contribution in [0.15, 0.2) is 36.7 Å². The fraction of sp³-hybridized carbons (Fsp3) is 0.375. The highest BCUT2D eigenvalue weighted by Gasteiger charge is 2.23. The van der Waals surface area contributed by atoms with Crippen molar-refractivity contribution >= 4 is 28.8 Å². The largest absolute Gasteiger partial charge is 0.379 e. The highest BCUT2D eigenvalue weighted by Crippen LogP contribution is 2.23. The Balaban J connectivity index is 1.69. The fourth-order valence-electron chi connectivity index (χ4n) is 2.63. The monoisotopic (exact) mass is 351 g/mol. The molecule has 0 bridgehead atoms. The first-order valence-electron chi connectivity index (χ1n) is 7.49. The number of hydrogen-bond acceptors (Lipinski definition) is 5. The zero-order valence-electron chi connectivity index (χ0n) is 12.6. The average Bonchev–Trinajstić information content (AvgIpc) is 3.03. The molecule has 0 spiro atoms. The summed E-state index contributed by atoms with van der Waals surface area (Å²) in [4.78, 5) is 19.4. The number of rotatable bonds is 5. The van der Waals surface area contributed by atoms with Crippen molar-refractivity contribution in [2.24, 2.45) is 0 Å². The van der Waals surface area contributed by atoms with E-state index in [1.807, 2.05) is 18.3 Å². The average molecular weight is 352 g/mol. The SMILES string of the molecule is O=C(NCC(c1cccnc1)N1CCOCC1)c1ccc(Cl)s1. The van der Waals surface area contributed by atoms with Gasteiger partial charge in [0.05, 0.1) is 28.5 Å². The molecule has 1 N–H and O–H groups in total. The Labute approximate surface area is 144 Å². The predicted octanol–water partition coefficient (Wildman–Crippen LogP) is 2.60. The van der Waals surface area contributed by atoms with Crippen molar-refractivity contribution in [3.05, 3.63) is 51.4 Å². The smallest absolute Gasteiger partial charge is 0.261 e. The second-order valence-corrected chi connectivity index (χ2v) is 6.98. The van der Waals surface area contributed by atoms with Crippen LogP contribution in [-0.4, -0.2) is 48.6 Å². The second kappa shape index (κ2) is 7.88. The van der Waals surface area contributed by atoms with Crippen LogP contribution >= 0.6 is 22.9 Å². The third kappa shape index (κ3) is 4.29. The molecule has 0 aromatic carbocycles. The number of aromatic nitrogens is 1. The molecule has 0 saturated carbocycles. The summed E-state index contributed by atoms with van der Waals surface area (Å²) < 4.78 is 6.04. The lowest BCUT2D eigenvalue weighted by molar-refractivity contribution is 0.0161. The van der Waals surface area contributed by atoms with Gasteiger partial charge in [0.1, 0.15) is 0 Å². The van der Waals surface area contributed by atoms with E-state index in [-0.39, 0.29) is 11.9 Å². The Kier molecular flexibility index (Phi) is 5.61. The van der Waals surface area contributed by atoms with Gasteiger partial charge in [0.25, 0.3) is 5.91 Å². The fourth-order valence-corrected chi connectivity index (χ4v) is 3.59. The Morgan fingerprint density at radius 2 is 2.22 bits per heavy atom. The third-order valence-electron chi connectivity index (χ3n) is 3.81. The number of carbonyl (C=O) groups excluding carboxylic acids is 1. The van der Waals surface area contributed by atoms with E-state index in [1.165, 1.54) is 11.3 Å². The van der Waals surface area contributed by atoms with Crippen molar-refractivity contribution in [1.82, 2.24) is 15.2 Å². The number of morpholine rings is 1. The van der Waals surface area contributed by atoms with Crippen LogP contribution in [-0.2, 0) is 4.74 Å². The minimum Gasteiger partial charge on any atom is -0.379 e. The van der Waals surface area contributed by atoms with E-state index in [0.29, 0.717) is 29.0 Å². The quantitative estimate of drug-likeness (QED) is 0.899. The van der Waals surface area contributed by atoms with E-state index in [4.69, 9.17) is 16.3 Å². The number of thiophene rings is 1. The van der Waals surface area contributed by atoms with Gasteiger partial charge < -0.3 is 10.1 Å². The maximum absolute atomic E-state index is 12.3. The lowest BCUT2D eigenvalue weighted by Crippen LogP contribution is -2.43. The Morgan fingerprint density at radius 1 is 1.39 bits per heavy atom. The standard InChI is InChI=1S/C16H18ClN3O2S/c17-15-4-3-14(23-15)16(21)19-11-13(12-2-1-5-18-10-12)20-6-8-22-9-7-20/h1-5,10,13H,6-9,11H2,(H,19,21). The molecule has 1 atom stereocenters. The van der Waals surface area contributed by atoms with Gasteiger partial charge in [-0.15, -0.1) is 11.3 Å². The Hall–Kier alpha value is -1.47. The minimum atomic E-state index is -0.0935. The molecule has 2 aromatic heterocycles. The summed E-state index contributed by atoms with van der Waals surface area (Å²) in [6.07, 6.45) is 3.61. The van der Waals surface area contributed by atoms with Gasteiger partial charge in [0.15, 0.2) is 0 Å². The summed E-state index contributed by atoms with van der Waals surface area (Å²) in [5.41, 5.74) is 1.10. The van der Waals surface area contributed by atoms with Crippen molar-refractivity contribution in [3.8, 4) is 0 Å². The maximum Gasteiger partial charge on any atom is 0.261 e. The van der Waals surface area contributed by atoms with Crippen LogP contribution in [0.25, 0.3) is 0 Å². The van der Waals surface area contributed by atoms with Gasteiger partial charge in [0.2, 0.25) is 0 Å². The van der Waals surface area contributed by atoms with Crippen LogP contribution in [0.2, 0.25) is 4.34 Å². The first-order chi connectivity index (χ1) is 11.2. The molecule has 23 heavy (non-hydrogen) atoms. The number of hydrogen-bond donors (Lipinski definition) is 1. The zero-order valence-corrected chi connectivity index (χ0v) is 14.1. The van der Waals surface area contributed by atoms with Crippen LogP contribution in [0.3, 0.4) is 0 Å². The van der Waals surface area contributed by atoms with Crippen molar-refractivity contribution < 1.29 is 9.53 Å². The molecule has 0 aliphatic carbocycles. The molecule has 3 heterocycles. The lowest BCUT2D eigenvalue weighted by Gasteiger charge is -2.34. The molecule has 0 radical (unpaired) electrons. The normalized spacial score (nSPS) is 16.9. The van der Waals surface area contributed by atoms with E-state index >= 15 is 0 Å². The number of halogens is 1. The maximum atomic E-state index is 12.3. The summed E-state index contributed by atoms with van der Waals surface area (Å²) in [5, 5.41) is 3.01. The summed E-state index contributed by atoms with van der Waals surface area (Å²) in [6.45, 7) is 3.65. The number of ether oxygens (including phenoxy) is 1. The van der Waals surface area contributed by atoms with Gasteiger partial charge in [-0.25, -0.2) is 0 Å². The van der Waals surface area contributed by atoms with Crippen molar-refractivity contribution in [3.63, 3.8) is 0 Å². The lowest BCUT2D eigenvalue weighted by atomic mass is 10.1. The number of carbonyl (C=O) groups is 1. The molecule has 1 aliphatic rings. The van der Waals surface area contributed by atoms with Gasteiger partial charge in [-0.2, -0.15) is 0 Å². The molecular formula is C16H18ClN3O2S. The van der Waals surface area contributed by atoms with Crippen molar-refractivity contribution in [2.75, 3.05) is 32.8 Å². The summed E-state index contributed by atoms with van der Waals surface area (Å²) in [5.74, 6) is -0.0935. The molecule has 5 nitrogen and oxygen atoms in total. The van der Waals surface area contributed by atoms with E-state index in [9.17, 15) is 4.79 Å². The van der Waals surface area contributed by atoms with E-state index in [1.54, 1.807) is 18.3 Å². The summed E-state index contributed by atoms with van der Waals surface area (Å²) in [6, 6.07) is 7.54. The summed E-state index contributed by atoms with van der Waals surface area (Å²) in [7, 11) is 0. The van der Waals surface area contributed by atoms with E-state index in [0.717, 1.165) is 18.7 Å². The van der Waals surface area contributed by atoms with Crippen LogP contribution < -0.4 is 5.32 Å². The number of nitrogens with zero attached hydrogens (tertiary/aromatic N) is 2. The van der Waals surface area contributed by atoms with Gasteiger partial charge in [0, 0.05) is 32.0 Å². The zero-order chi connectivity index (χ0) is 16.1. The molecule has 122 valence electrons. The minimum absolute atomic E-state index is 0.0898. The van der Waals surface area contributed by atoms with Gasteiger partial charge in [-0.1, -0.05) is 17.7 Å². The third-order valence-corrected chi connectivity index (χ3v) is 5.04. The molecule has 7 heteroatoms.